The summed E-state index contributed by atoms with van der Waals surface area (Å²) in [6.45, 7) is 5.13. The molecular formula is C14H20N4. The summed E-state index contributed by atoms with van der Waals surface area (Å²) in [6, 6.07) is 4.27. The molecule has 0 aliphatic carbocycles. The third kappa shape index (κ3) is 2.76. The van der Waals surface area contributed by atoms with Crippen LogP contribution in [-0.4, -0.2) is 21.1 Å². The average molecular weight is 244 g/mol. The maximum absolute atomic E-state index is 4.44. The van der Waals surface area contributed by atoms with Crippen LogP contribution in [-0.2, 0) is 7.05 Å². The number of nitrogens with zero attached hydrogens (tertiary/aromatic N) is 3. The van der Waals surface area contributed by atoms with E-state index in [0.29, 0.717) is 0 Å². The van der Waals surface area contributed by atoms with E-state index in [0.717, 1.165) is 30.0 Å². The predicted molar refractivity (Wildman–Crippen MR) is 72.3 cm³/mol. The number of pyridine rings is 1. The molecule has 4 nitrogen and oxygen atoms in total. The van der Waals surface area contributed by atoms with Gasteiger partial charge in [0.05, 0.1) is 6.04 Å². The third-order valence-electron chi connectivity index (χ3n) is 2.98. The van der Waals surface area contributed by atoms with Crippen LogP contribution in [0, 0.1) is 6.92 Å². The Hall–Kier alpha value is -1.68. The maximum Gasteiger partial charge on any atom is 0.130 e. The summed E-state index contributed by atoms with van der Waals surface area (Å²) in [4.78, 5) is 8.81. The molecular weight excluding hydrogens is 224 g/mol. The first kappa shape index (κ1) is 12.8. The number of aromatic nitrogens is 3. The van der Waals surface area contributed by atoms with Gasteiger partial charge in [0.1, 0.15) is 5.82 Å². The highest BCUT2D eigenvalue weighted by molar-refractivity contribution is 5.23. The molecule has 4 heteroatoms. The normalized spacial score (nSPS) is 12.6. The van der Waals surface area contributed by atoms with Crippen LogP contribution < -0.4 is 5.32 Å². The SMILES string of the molecule is CCCNC(c1ccc(C)nc1)c1nccn1C. The van der Waals surface area contributed by atoms with Crippen molar-refractivity contribution in [1.29, 1.82) is 0 Å². The van der Waals surface area contributed by atoms with E-state index in [1.807, 2.05) is 43.2 Å². The van der Waals surface area contributed by atoms with E-state index >= 15 is 0 Å². The Morgan fingerprint density at radius 3 is 2.72 bits per heavy atom. The van der Waals surface area contributed by atoms with Crippen molar-refractivity contribution in [2.45, 2.75) is 26.3 Å². The van der Waals surface area contributed by atoms with Gasteiger partial charge in [-0.1, -0.05) is 13.0 Å². The summed E-state index contributed by atoms with van der Waals surface area (Å²) < 4.78 is 2.05. The van der Waals surface area contributed by atoms with Gasteiger partial charge in [0.15, 0.2) is 0 Å². The molecule has 0 spiro atoms. The van der Waals surface area contributed by atoms with Gasteiger partial charge in [0, 0.05) is 31.3 Å². The monoisotopic (exact) mass is 244 g/mol. The molecule has 2 rings (SSSR count). The summed E-state index contributed by atoms with van der Waals surface area (Å²) >= 11 is 0. The summed E-state index contributed by atoms with van der Waals surface area (Å²) in [6.07, 6.45) is 6.83. The van der Waals surface area contributed by atoms with Gasteiger partial charge in [-0.25, -0.2) is 4.98 Å². The molecule has 1 N–H and O–H groups in total. The summed E-state index contributed by atoms with van der Waals surface area (Å²) in [5.74, 6) is 1.02. The molecule has 2 aromatic heterocycles. The van der Waals surface area contributed by atoms with Crippen LogP contribution in [0.3, 0.4) is 0 Å². The lowest BCUT2D eigenvalue weighted by atomic mass is 10.1. The molecule has 0 radical (unpaired) electrons. The lowest BCUT2D eigenvalue weighted by molar-refractivity contribution is 0.554. The molecule has 0 aliphatic heterocycles. The zero-order valence-electron chi connectivity index (χ0n) is 11.2. The van der Waals surface area contributed by atoms with Gasteiger partial charge < -0.3 is 9.88 Å². The van der Waals surface area contributed by atoms with E-state index in [9.17, 15) is 0 Å². The quantitative estimate of drug-likeness (QED) is 0.877. The first-order valence-electron chi connectivity index (χ1n) is 6.35. The topological polar surface area (TPSA) is 42.7 Å². The standard InChI is InChI=1S/C14H20N4/c1-4-7-15-13(14-16-8-9-18(14)3)12-6-5-11(2)17-10-12/h5-6,8-10,13,15H,4,7H2,1-3H3. The van der Waals surface area contributed by atoms with Crippen molar-refractivity contribution in [1.82, 2.24) is 19.9 Å². The highest BCUT2D eigenvalue weighted by atomic mass is 15.1. The van der Waals surface area contributed by atoms with Crippen LogP contribution in [0.2, 0.25) is 0 Å². The van der Waals surface area contributed by atoms with Gasteiger partial charge in [-0.3, -0.25) is 4.98 Å². The van der Waals surface area contributed by atoms with E-state index < -0.39 is 0 Å². The first-order valence-corrected chi connectivity index (χ1v) is 6.35. The lowest BCUT2D eigenvalue weighted by Gasteiger charge is -2.18. The van der Waals surface area contributed by atoms with Gasteiger partial charge in [0.25, 0.3) is 0 Å². The van der Waals surface area contributed by atoms with Crippen molar-refractivity contribution < 1.29 is 0 Å². The average Bonchev–Trinajstić information content (AvgIpc) is 2.78. The molecule has 0 fully saturated rings. The summed E-state index contributed by atoms with van der Waals surface area (Å²) in [7, 11) is 2.02. The number of aryl methyl sites for hydroxylation is 2. The van der Waals surface area contributed by atoms with Crippen LogP contribution in [0.1, 0.15) is 36.5 Å². The van der Waals surface area contributed by atoms with Crippen LogP contribution in [0.25, 0.3) is 0 Å². The number of rotatable bonds is 5. The van der Waals surface area contributed by atoms with Crippen molar-refractivity contribution in [3.8, 4) is 0 Å². The molecule has 0 saturated heterocycles. The Bertz CT molecular complexity index is 487. The molecule has 96 valence electrons. The molecule has 2 aromatic rings. The van der Waals surface area contributed by atoms with E-state index in [1.54, 1.807) is 0 Å². The second-order valence-corrected chi connectivity index (χ2v) is 4.52. The van der Waals surface area contributed by atoms with Gasteiger partial charge >= 0.3 is 0 Å². The maximum atomic E-state index is 4.44. The van der Waals surface area contributed by atoms with Crippen molar-refractivity contribution >= 4 is 0 Å². The Balaban J connectivity index is 2.30. The molecule has 1 unspecified atom stereocenters. The third-order valence-corrected chi connectivity index (χ3v) is 2.98. The van der Waals surface area contributed by atoms with Crippen molar-refractivity contribution in [2.75, 3.05) is 6.54 Å². The minimum Gasteiger partial charge on any atom is -0.336 e. The number of nitrogens with one attached hydrogen (secondary N) is 1. The van der Waals surface area contributed by atoms with E-state index in [1.165, 1.54) is 0 Å². The van der Waals surface area contributed by atoms with Crippen LogP contribution >= 0.6 is 0 Å². The fraction of sp³-hybridized carbons (Fsp3) is 0.429. The second kappa shape index (κ2) is 5.78. The predicted octanol–water partition coefficient (Wildman–Crippen LogP) is 2.21. The molecule has 0 aromatic carbocycles. The van der Waals surface area contributed by atoms with Crippen molar-refractivity contribution in [2.24, 2.45) is 7.05 Å². The second-order valence-electron chi connectivity index (χ2n) is 4.52. The molecule has 18 heavy (non-hydrogen) atoms. The highest BCUT2D eigenvalue weighted by Gasteiger charge is 2.17. The van der Waals surface area contributed by atoms with Crippen molar-refractivity contribution in [3.05, 3.63) is 47.8 Å². The molecule has 0 amide bonds. The van der Waals surface area contributed by atoms with Crippen LogP contribution in [0.15, 0.2) is 30.7 Å². The zero-order chi connectivity index (χ0) is 13.0. The van der Waals surface area contributed by atoms with E-state index in [-0.39, 0.29) is 6.04 Å². The van der Waals surface area contributed by atoms with Crippen molar-refractivity contribution in [3.63, 3.8) is 0 Å². The fourth-order valence-electron chi connectivity index (χ4n) is 1.95. The molecule has 1 atom stereocenters. The lowest BCUT2D eigenvalue weighted by Crippen LogP contribution is -2.25. The smallest absolute Gasteiger partial charge is 0.130 e. The minimum atomic E-state index is 0.109. The Kier molecular flexibility index (Phi) is 4.10. The molecule has 0 saturated carbocycles. The fourth-order valence-corrected chi connectivity index (χ4v) is 1.95. The number of imidazole rings is 1. The van der Waals surface area contributed by atoms with Crippen LogP contribution in [0.5, 0.6) is 0 Å². The minimum absolute atomic E-state index is 0.109. The van der Waals surface area contributed by atoms with Gasteiger partial charge in [0.2, 0.25) is 0 Å². The molecule has 0 bridgehead atoms. The van der Waals surface area contributed by atoms with E-state index in [4.69, 9.17) is 0 Å². The Morgan fingerprint density at radius 2 is 2.17 bits per heavy atom. The first-order chi connectivity index (χ1) is 8.72. The molecule has 2 heterocycles. The van der Waals surface area contributed by atoms with Gasteiger partial charge in [-0.2, -0.15) is 0 Å². The Morgan fingerprint density at radius 1 is 1.33 bits per heavy atom. The zero-order valence-corrected chi connectivity index (χ0v) is 11.2. The van der Waals surface area contributed by atoms with E-state index in [2.05, 4.69) is 28.3 Å². The highest BCUT2D eigenvalue weighted by Crippen LogP contribution is 2.19. The van der Waals surface area contributed by atoms with Gasteiger partial charge in [-0.15, -0.1) is 0 Å². The molecule has 0 aliphatic rings. The van der Waals surface area contributed by atoms with Gasteiger partial charge in [-0.05, 0) is 31.5 Å². The summed E-state index contributed by atoms with van der Waals surface area (Å²) in [5, 5.41) is 3.53. The number of hydrogen-bond acceptors (Lipinski definition) is 3. The summed E-state index contributed by atoms with van der Waals surface area (Å²) in [5.41, 5.74) is 2.19. The Labute approximate surface area is 108 Å². The number of hydrogen-bond donors (Lipinski definition) is 1. The largest absolute Gasteiger partial charge is 0.336 e. The van der Waals surface area contributed by atoms with Crippen LogP contribution in [0.4, 0.5) is 0 Å².